The van der Waals surface area contributed by atoms with Crippen LogP contribution in [0.4, 0.5) is 0 Å². The Hall–Kier alpha value is -0.610. The van der Waals surface area contributed by atoms with Crippen LogP contribution in [0.15, 0.2) is 0 Å². The lowest BCUT2D eigenvalue weighted by Crippen LogP contribution is -2.54. The van der Waals surface area contributed by atoms with Gasteiger partial charge in [-0.15, -0.1) is 0 Å². The molecule has 0 spiro atoms. The second kappa shape index (κ2) is 6.08. The summed E-state index contributed by atoms with van der Waals surface area (Å²) in [5, 5.41) is 2.88. The quantitative estimate of drug-likeness (QED) is 0.616. The van der Waals surface area contributed by atoms with E-state index in [9.17, 15) is 4.79 Å². The molecular weight excluding hydrogens is 192 g/mol. The first-order valence-corrected chi connectivity index (χ1v) is 5.80. The van der Waals surface area contributed by atoms with Crippen molar-refractivity contribution in [2.24, 2.45) is 5.73 Å². The van der Waals surface area contributed by atoms with E-state index in [2.05, 4.69) is 5.32 Å². The fraction of sp³-hybridized carbons (Fsp3) is 0.909. The van der Waals surface area contributed by atoms with Gasteiger partial charge in [0.15, 0.2) is 0 Å². The maximum Gasteiger partial charge on any atom is 0.220 e. The fourth-order valence-electron chi connectivity index (χ4n) is 1.65. The smallest absolute Gasteiger partial charge is 0.220 e. The molecule has 1 rings (SSSR count). The van der Waals surface area contributed by atoms with Gasteiger partial charge in [-0.05, 0) is 32.6 Å². The van der Waals surface area contributed by atoms with Gasteiger partial charge in [0, 0.05) is 31.7 Å². The highest BCUT2D eigenvalue weighted by Crippen LogP contribution is 2.27. The summed E-state index contributed by atoms with van der Waals surface area (Å²) < 4.78 is 5.16. The molecule has 0 aromatic rings. The van der Waals surface area contributed by atoms with Crippen molar-refractivity contribution in [3.8, 4) is 0 Å². The second-order valence-electron chi connectivity index (χ2n) is 4.29. The molecule has 1 amide bonds. The van der Waals surface area contributed by atoms with Gasteiger partial charge in [-0.25, -0.2) is 0 Å². The summed E-state index contributed by atoms with van der Waals surface area (Å²) >= 11 is 0. The molecule has 0 aromatic heterocycles. The number of hydrogen-bond donors (Lipinski definition) is 2. The summed E-state index contributed by atoms with van der Waals surface area (Å²) in [6.07, 6.45) is 4.59. The van der Waals surface area contributed by atoms with Gasteiger partial charge in [0.05, 0.1) is 0 Å². The Morgan fingerprint density at radius 1 is 1.53 bits per heavy atom. The standard InChI is InChI=1S/C11H22N2O2/c1-2-15-8-3-5-10(14)13-9-11(12)6-4-7-11/h2-9,12H2,1H3,(H,13,14). The molecule has 4 nitrogen and oxygen atoms in total. The molecule has 0 aromatic carbocycles. The third kappa shape index (κ3) is 4.62. The average molecular weight is 214 g/mol. The number of carbonyl (C=O) groups excluding carboxylic acids is 1. The van der Waals surface area contributed by atoms with Crippen LogP contribution >= 0.6 is 0 Å². The highest BCUT2D eigenvalue weighted by atomic mass is 16.5. The van der Waals surface area contributed by atoms with Crippen LogP contribution in [0.3, 0.4) is 0 Å². The monoisotopic (exact) mass is 214 g/mol. The Bertz CT molecular complexity index is 203. The molecule has 1 aliphatic rings. The number of ether oxygens (including phenoxy) is 1. The molecule has 0 heterocycles. The lowest BCUT2D eigenvalue weighted by Gasteiger charge is -2.38. The van der Waals surface area contributed by atoms with Crippen molar-refractivity contribution >= 4 is 5.91 Å². The van der Waals surface area contributed by atoms with Crippen molar-refractivity contribution in [1.82, 2.24) is 5.32 Å². The second-order valence-corrected chi connectivity index (χ2v) is 4.29. The van der Waals surface area contributed by atoms with Crippen molar-refractivity contribution in [3.63, 3.8) is 0 Å². The topological polar surface area (TPSA) is 64.3 Å². The molecule has 4 heteroatoms. The fourth-order valence-corrected chi connectivity index (χ4v) is 1.65. The first kappa shape index (κ1) is 12.5. The van der Waals surface area contributed by atoms with Crippen LogP contribution in [0.1, 0.15) is 39.0 Å². The molecule has 0 aliphatic heterocycles. The van der Waals surface area contributed by atoms with Crippen LogP contribution < -0.4 is 11.1 Å². The molecule has 0 unspecified atom stereocenters. The predicted molar refractivity (Wildman–Crippen MR) is 59.5 cm³/mol. The molecule has 0 radical (unpaired) electrons. The summed E-state index contributed by atoms with van der Waals surface area (Å²) in [7, 11) is 0. The van der Waals surface area contributed by atoms with Crippen LogP contribution in [0.25, 0.3) is 0 Å². The largest absolute Gasteiger partial charge is 0.382 e. The van der Waals surface area contributed by atoms with Crippen molar-refractivity contribution in [1.29, 1.82) is 0 Å². The maximum absolute atomic E-state index is 11.4. The number of rotatable bonds is 7. The van der Waals surface area contributed by atoms with Gasteiger partial charge in [-0.3, -0.25) is 4.79 Å². The SMILES string of the molecule is CCOCCCC(=O)NCC1(N)CCC1. The van der Waals surface area contributed by atoms with Gasteiger partial charge in [0.2, 0.25) is 5.91 Å². The van der Waals surface area contributed by atoms with Crippen LogP contribution in [0.2, 0.25) is 0 Å². The Morgan fingerprint density at radius 2 is 2.27 bits per heavy atom. The first-order valence-electron chi connectivity index (χ1n) is 5.80. The number of nitrogens with two attached hydrogens (primary N) is 1. The van der Waals surface area contributed by atoms with E-state index in [1.807, 2.05) is 6.92 Å². The van der Waals surface area contributed by atoms with E-state index in [0.717, 1.165) is 19.3 Å². The van der Waals surface area contributed by atoms with E-state index in [-0.39, 0.29) is 11.4 Å². The number of carbonyl (C=O) groups is 1. The van der Waals surface area contributed by atoms with E-state index >= 15 is 0 Å². The maximum atomic E-state index is 11.4. The van der Waals surface area contributed by atoms with Gasteiger partial charge >= 0.3 is 0 Å². The summed E-state index contributed by atoms with van der Waals surface area (Å²) in [5.41, 5.74) is 5.87. The van der Waals surface area contributed by atoms with Crippen molar-refractivity contribution < 1.29 is 9.53 Å². The molecule has 0 atom stereocenters. The van der Waals surface area contributed by atoms with Gasteiger partial charge < -0.3 is 15.8 Å². The zero-order chi connectivity index (χ0) is 11.1. The summed E-state index contributed by atoms with van der Waals surface area (Å²) in [6.45, 7) is 3.96. The van der Waals surface area contributed by atoms with Crippen molar-refractivity contribution in [3.05, 3.63) is 0 Å². The van der Waals surface area contributed by atoms with Crippen LogP contribution in [-0.2, 0) is 9.53 Å². The van der Waals surface area contributed by atoms with Gasteiger partial charge in [-0.1, -0.05) is 0 Å². The Labute approximate surface area is 91.5 Å². The summed E-state index contributed by atoms with van der Waals surface area (Å²) in [5.74, 6) is 0.0893. The zero-order valence-electron chi connectivity index (χ0n) is 9.55. The van der Waals surface area contributed by atoms with E-state index in [4.69, 9.17) is 10.5 Å². The minimum absolute atomic E-state index is 0.0893. The van der Waals surface area contributed by atoms with E-state index in [0.29, 0.717) is 26.2 Å². The molecule has 1 fully saturated rings. The van der Waals surface area contributed by atoms with Crippen LogP contribution in [0.5, 0.6) is 0 Å². The normalized spacial score (nSPS) is 18.3. The van der Waals surface area contributed by atoms with Gasteiger partial charge in [-0.2, -0.15) is 0 Å². The van der Waals surface area contributed by atoms with Gasteiger partial charge in [0.25, 0.3) is 0 Å². The Morgan fingerprint density at radius 3 is 2.80 bits per heavy atom. The minimum Gasteiger partial charge on any atom is -0.382 e. The van der Waals surface area contributed by atoms with E-state index in [1.165, 1.54) is 6.42 Å². The molecule has 15 heavy (non-hydrogen) atoms. The van der Waals surface area contributed by atoms with Crippen LogP contribution in [-0.4, -0.2) is 31.2 Å². The summed E-state index contributed by atoms with van der Waals surface area (Å²) in [4.78, 5) is 11.4. The zero-order valence-corrected chi connectivity index (χ0v) is 9.55. The van der Waals surface area contributed by atoms with Crippen molar-refractivity contribution in [2.45, 2.75) is 44.6 Å². The average Bonchev–Trinajstić information content (AvgIpc) is 2.19. The Balaban J connectivity index is 1.98. The van der Waals surface area contributed by atoms with Crippen molar-refractivity contribution in [2.75, 3.05) is 19.8 Å². The third-order valence-corrected chi connectivity index (χ3v) is 2.88. The van der Waals surface area contributed by atoms with E-state index in [1.54, 1.807) is 0 Å². The summed E-state index contributed by atoms with van der Waals surface area (Å²) in [6, 6.07) is 0. The highest BCUT2D eigenvalue weighted by Gasteiger charge is 2.32. The molecular formula is C11H22N2O2. The predicted octanol–water partition coefficient (Wildman–Crippen LogP) is 0.801. The molecule has 1 saturated carbocycles. The number of hydrogen-bond acceptors (Lipinski definition) is 3. The minimum atomic E-state index is -0.115. The van der Waals surface area contributed by atoms with Crippen LogP contribution in [0, 0.1) is 0 Å². The lowest BCUT2D eigenvalue weighted by atomic mass is 9.78. The van der Waals surface area contributed by atoms with Gasteiger partial charge in [0.1, 0.15) is 0 Å². The number of amides is 1. The molecule has 88 valence electrons. The molecule has 3 N–H and O–H groups in total. The Kier molecular flexibility index (Phi) is 5.05. The lowest BCUT2D eigenvalue weighted by molar-refractivity contribution is -0.121. The number of nitrogens with one attached hydrogen (secondary N) is 1. The third-order valence-electron chi connectivity index (χ3n) is 2.88. The van der Waals surface area contributed by atoms with E-state index < -0.39 is 0 Å². The first-order chi connectivity index (χ1) is 7.16. The molecule has 0 bridgehead atoms. The molecule has 0 saturated heterocycles. The molecule has 1 aliphatic carbocycles. The highest BCUT2D eigenvalue weighted by molar-refractivity contribution is 5.75.